The van der Waals surface area contributed by atoms with Crippen molar-refractivity contribution in [2.45, 2.75) is 38.5 Å². The van der Waals surface area contributed by atoms with Gasteiger partial charge < -0.3 is 0 Å². The van der Waals surface area contributed by atoms with Gasteiger partial charge >= 0.3 is 364 Å². The second-order valence-corrected chi connectivity index (χ2v) is 21.1. The van der Waals surface area contributed by atoms with Crippen molar-refractivity contribution in [1.29, 1.82) is 0 Å². The van der Waals surface area contributed by atoms with E-state index in [-0.39, 0.29) is 25.3 Å². The van der Waals surface area contributed by atoms with E-state index >= 15 is 0 Å². The van der Waals surface area contributed by atoms with Crippen LogP contribution in [-0.2, 0) is 10.8 Å². The van der Waals surface area contributed by atoms with Gasteiger partial charge in [-0.05, 0) is 0 Å². The zero-order valence-electron chi connectivity index (χ0n) is 36.9. The SMILES string of the molecule is CC1(C)c2ccccc2-c2ccc(N(c3ccccc3)c3cc(N(c4ccccc4)c4ccc5c(c4)C(C)(C)c4ccccc4-5)c4ccc5ccc6c7ccccc7[se]c6c5c4c3)cc21. The van der Waals surface area contributed by atoms with Gasteiger partial charge in [0.15, 0.2) is 0 Å². The van der Waals surface area contributed by atoms with Gasteiger partial charge in [-0.15, -0.1) is 0 Å². The number of fused-ring (bicyclic) bond motifs is 13. The van der Waals surface area contributed by atoms with E-state index in [2.05, 4.69) is 244 Å². The predicted octanol–water partition coefficient (Wildman–Crippen LogP) is 16.9. The van der Waals surface area contributed by atoms with E-state index in [4.69, 9.17) is 0 Å². The molecule has 0 N–H and O–H groups in total. The third kappa shape index (κ3) is 5.66. The number of nitrogens with zero attached hydrogens (tertiary/aromatic N) is 2. The minimum atomic E-state index is -0.146. The van der Waals surface area contributed by atoms with Crippen LogP contribution in [0.15, 0.2) is 206 Å². The summed E-state index contributed by atoms with van der Waals surface area (Å²) in [6, 6.07) is 77.6. The van der Waals surface area contributed by atoms with Gasteiger partial charge in [0.1, 0.15) is 0 Å². The van der Waals surface area contributed by atoms with Crippen LogP contribution in [0.5, 0.6) is 0 Å². The predicted molar refractivity (Wildman–Crippen MR) is 278 cm³/mol. The van der Waals surface area contributed by atoms with Crippen molar-refractivity contribution in [1.82, 2.24) is 0 Å². The van der Waals surface area contributed by atoms with Crippen LogP contribution in [0.1, 0.15) is 49.9 Å². The van der Waals surface area contributed by atoms with Gasteiger partial charge in [-0.1, -0.05) is 24.3 Å². The maximum absolute atomic E-state index is 2.52. The van der Waals surface area contributed by atoms with Crippen molar-refractivity contribution in [3.8, 4) is 22.3 Å². The Kier molecular flexibility index (Phi) is 8.35. The van der Waals surface area contributed by atoms with Crippen LogP contribution >= 0.6 is 0 Å². The van der Waals surface area contributed by atoms with Crippen LogP contribution in [-0.4, -0.2) is 14.5 Å². The summed E-state index contributed by atoms with van der Waals surface area (Å²) in [7, 11) is 0. The average molecular weight is 898 g/mol. The Hall–Kier alpha value is -7.16. The number of para-hydroxylation sites is 2. The number of anilines is 6. The van der Waals surface area contributed by atoms with Crippen molar-refractivity contribution >= 4 is 89.5 Å². The summed E-state index contributed by atoms with van der Waals surface area (Å²) in [6.45, 7) is 9.52. The molecule has 0 unspecified atom stereocenters. The van der Waals surface area contributed by atoms with Crippen molar-refractivity contribution in [2.75, 3.05) is 9.80 Å². The topological polar surface area (TPSA) is 6.48 Å². The summed E-state index contributed by atoms with van der Waals surface area (Å²) < 4.78 is 2.92. The van der Waals surface area contributed by atoms with Crippen LogP contribution in [0.3, 0.4) is 0 Å². The van der Waals surface area contributed by atoms with Crippen LogP contribution in [0.25, 0.3) is 63.1 Å². The third-order valence-corrected chi connectivity index (χ3v) is 17.1. The Morgan fingerprint density at radius 3 is 1.48 bits per heavy atom. The molecule has 2 aliphatic rings. The molecule has 0 saturated carbocycles. The average Bonchev–Trinajstić information content (AvgIpc) is 3.92. The van der Waals surface area contributed by atoms with Crippen molar-refractivity contribution < 1.29 is 0 Å². The molecule has 10 aromatic carbocycles. The molecule has 0 bridgehead atoms. The second kappa shape index (κ2) is 14.2. The van der Waals surface area contributed by atoms with Gasteiger partial charge in [-0.3, -0.25) is 0 Å². The first-order valence-corrected chi connectivity index (χ1v) is 24.5. The van der Waals surface area contributed by atoms with Gasteiger partial charge in [0.05, 0.1) is 0 Å². The summed E-state index contributed by atoms with van der Waals surface area (Å²) >= 11 is 0.162. The van der Waals surface area contributed by atoms with Gasteiger partial charge in [-0.25, -0.2) is 0 Å². The van der Waals surface area contributed by atoms with Crippen molar-refractivity contribution in [3.05, 3.63) is 229 Å². The molecule has 0 amide bonds. The van der Waals surface area contributed by atoms with Gasteiger partial charge in [0, 0.05) is 0 Å². The quantitative estimate of drug-likeness (QED) is 0.121. The molecule has 13 rings (SSSR count). The molecular weight excluding hydrogens is 852 g/mol. The molecule has 0 fully saturated rings. The van der Waals surface area contributed by atoms with Crippen LogP contribution in [0.2, 0.25) is 0 Å². The number of rotatable bonds is 6. The molecule has 2 nitrogen and oxygen atoms in total. The zero-order valence-corrected chi connectivity index (χ0v) is 38.6. The van der Waals surface area contributed by atoms with E-state index in [0.29, 0.717) is 0 Å². The number of benzene rings is 10. The Balaban J connectivity index is 1.13. The molecule has 0 radical (unpaired) electrons. The molecule has 3 heteroatoms. The zero-order chi connectivity index (χ0) is 43.6. The fraction of sp³-hybridized carbons (Fsp3) is 0.0968. The fourth-order valence-electron chi connectivity index (χ4n) is 11.4. The summed E-state index contributed by atoms with van der Waals surface area (Å²) in [4.78, 5) is 5.02. The molecule has 1 heterocycles. The Bertz CT molecular complexity index is 3730. The molecule has 65 heavy (non-hydrogen) atoms. The normalized spacial score (nSPS) is 14.1. The molecule has 0 saturated heterocycles. The Morgan fingerprint density at radius 2 is 0.846 bits per heavy atom. The molecule has 310 valence electrons. The molecule has 1 aromatic heterocycles. The molecule has 2 aliphatic carbocycles. The number of hydrogen-bond donors (Lipinski definition) is 0. The van der Waals surface area contributed by atoms with Gasteiger partial charge in [-0.2, -0.15) is 0 Å². The van der Waals surface area contributed by atoms with E-state index in [0.717, 1.165) is 34.1 Å². The summed E-state index contributed by atoms with van der Waals surface area (Å²) in [5, 5.41) is 7.88. The Labute approximate surface area is 386 Å². The van der Waals surface area contributed by atoms with E-state index < -0.39 is 0 Å². The maximum atomic E-state index is 2.52. The van der Waals surface area contributed by atoms with Crippen molar-refractivity contribution in [3.63, 3.8) is 0 Å². The van der Waals surface area contributed by atoms with Crippen LogP contribution < -0.4 is 9.80 Å². The third-order valence-electron chi connectivity index (χ3n) is 14.6. The minimum absolute atomic E-state index is 0.141. The van der Waals surface area contributed by atoms with E-state index in [1.165, 1.54) is 85.3 Å². The Morgan fingerprint density at radius 1 is 0.338 bits per heavy atom. The molecular formula is C62H46N2Se. The van der Waals surface area contributed by atoms with E-state index in [9.17, 15) is 0 Å². The summed E-state index contributed by atoms with van der Waals surface area (Å²) in [5.41, 5.74) is 17.3. The van der Waals surface area contributed by atoms with Gasteiger partial charge in [0.2, 0.25) is 0 Å². The molecule has 0 aliphatic heterocycles. The van der Waals surface area contributed by atoms with Crippen LogP contribution in [0, 0.1) is 0 Å². The van der Waals surface area contributed by atoms with Crippen molar-refractivity contribution in [2.24, 2.45) is 0 Å². The summed E-state index contributed by atoms with van der Waals surface area (Å²) in [5.74, 6) is 0. The van der Waals surface area contributed by atoms with E-state index in [1.54, 1.807) is 0 Å². The van der Waals surface area contributed by atoms with E-state index in [1.807, 2.05) is 0 Å². The fourth-order valence-corrected chi connectivity index (χ4v) is 14.1. The first kappa shape index (κ1) is 38.3. The standard InChI is InChI=1S/C62H46N2Se/c1-61(2)53-24-14-11-21-45(53)47-33-29-42(36-55(47)61)63(40-17-7-5-8-18-40)44-35-52-49(31-27-39-28-32-51-50-23-13-16-26-58(50)65-60(51)59(39)52)57(38-44)64(41-19-9-6-10-20-41)43-30-34-48-46-22-12-15-25-54(46)62(3,4)56(48)37-43/h5-38H,1-4H3. The molecule has 11 aromatic rings. The monoisotopic (exact) mass is 898 g/mol. The second-order valence-electron chi connectivity index (χ2n) is 18.9. The number of hydrogen-bond acceptors (Lipinski definition) is 2. The van der Waals surface area contributed by atoms with Gasteiger partial charge in [0.25, 0.3) is 0 Å². The van der Waals surface area contributed by atoms with Crippen LogP contribution in [0.4, 0.5) is 34.1 Å². The molecule has 0 atom stereocenters. The first-order valence-electron chi connectivity index (χ1n) is 22.8. The summed E-state index contributed by atoms with van der Waals surface area (Å²) in [6.07, 6.45) is 0. The first-order chi connectivity index (χ1) is 31.8. The molecule has 0 spiro atoms.